The fourth-order valence-electron chi connectivity index (χ4n) is 4.48. The highest BCUT2D eigenvalue weighted by molar-refractivity contribution is 5.97. The normalized spacial score (nSPS) is 10.3. The summed E-state index contributed by atoms with van der Waals surface area (Å²) >= 11 is 0. The van der Waals surface area contributed by atoms with Crippen molar-refractivity contribution in [3.8, 4) is 23.3 Å². The Bertz CT molecular complexity index is 1670. The Morgan fingerprint density at radius 2 is 1.22 bits per heavy atom. The van der Waals surface area contributed by atoms with Gasteiger partial charge in [-0.15, -0.1) is 0 Å². The lowest BCUT2D eigenvalue weighted by Crippen LogP contribution is -2.14. The van der Waals surface area contributed by atoms with E-state index in [-0.39, 0.29) is 40.8 Å². The summed E-state index contributed by atoms with van der Waals surface area (Å²) in [4.78, 5) is 60.6. The van der Waals surface area contributed by atoms with Crippen molar-refractivity contribution in [2.24, 2.45) is 0 Å². The molecule has 51 heavy (non-hydrogen) atoms. The van der Waals surface area contributed by atoms with Gasteiger partial charge in [0.15, 0.2) is 0 Å². The van der Waals surface area contributed by atoms with Gasteiger partial charge in [0.05, 0.1) is 49.2 Å². The Hall–Kier alpha value is -5.96. The van der Waals surface area contributed by atoms with Gasteiger partial charge in [-0.1, -0.05) is 6.58 Å². The summed E-state index contributed by atoms with van der Waals surface area (Å²) in [6.45, 7) is 6.79. The molecule has 0 atom stereocenters. The zero-order chi connectivity index (χ0) is 36.8. The van der Waals surface area contributed by atoms with E-state index >= 15 is 0 Å². The quantitative estimate of drug-likeness (QED) is 0.0265. The van der Waals surface area contributed by atoms with Crippen molar-refractivity contribution in [1.29, 1.82) is 5.26 Å². The van der Waals surface area contributed by atoms with Crippen LogP contribution in [-0.2, 0) is 23.8 Å². The molecule has 3 aromatic carbocycles. The average molecular weight is 700 g/mol. The number of nitriles is 1. The Labute approximate surface area is 296 Å². The minimum Gasteiger partial charge on any atom is -0.494 e. The lowest BCUT2D eigenvalue weighted by Gasteiger charge is -2.13. The average Bonchev–Trinajstić information content (AvgIpc) is 3.14. The first-order chi connectivity index (χ1) is 24.7. The van der Waals surface area contributed by atoms with Gasteiger partial charge in [0.25, 0.3) is 6.47 Å². The van der Waals surface area contributed by atoms with Crippen molar-refractivity contribution >= 4 is 30.3 Å². The van der Waals surface area contributed by atoms with E-state index < -0.39 is 17.9 Å². The summed E-state index contributed by atoms with van der Waals surface area (Å²) in [5.41, 5.74) is 1.02. The number of ether oxygens (including phenoxy) is 6. The molecule has 0 amide bonds. The number of nitrogens with zero attached hydrogens (tertiary/aromatic N) is 1. The van der Waals surface area contributed by atoms with Crippen LogP contribution in [0.3, 0.4) is 0 Å². The molecule has 0 saturated carbocycles. The van der Waals surface area contributed by atoms with Crippen LogP contribution in [0.15, 0.2) is 78.9 Å². The molecule has 3 rings (SSSR count). The number of unbranched alkanes of at least 4 members (excludes halogenated alkanes) is 6. The van der Waals surface area contributed by atoms with Gasteiger partial charge in [-0.25, -0.2) is 19.2 Å². The molecule has 0 radical (unpaired) electrons. The molecule has 0 saturated heterocycles. The molecule has 12 heteroatoms. The van der Waals surface area contributed by atoms with Gasteiger partial charge < -0.3 is 28.4 Å². The van der Waals surface area contributed by atoms with Crippen LogP contribution in [0.5, 0.6) is 17.2 Å². The largest absolute Gasteiger partial charge is 0.494 e. The summed E-state index contributed by atoms with van der Waals surface area (Å²) in [7, 11) is 0. The first-order valence-corrected chi connectivity index (χ1v) is 16.6. The highest BCUT2D eigenvalue weighted by Gasteiger charge is 2.21. The second-order valence-corrected chi connectivity index (χ2v) is 11.3. The van der Waals surface area contributed by atoms with Crippen LogP contribution in [0, 0.1) is 11.3 Å². The molecule has 0 aliphatic rings. The number of hydrogen-bond donors (Lipinski definition) is 0. The molecular weight excluding hydrogens is 658 g/mol. The third-order valence-corrected chi connectivity index (χ3v) is 7.27. The molecule has 12 nitrogen and oxygen atoms in total. The summed E-state index contributed by atoms with van der Waals surface area (Å²) < 4.78 is 32.0. The summed E-state index contributed by atoms with van der Waals surface area (Å²) in [5.74, 6) is -2.12. The summed E-state index contributed by atoms with van der Waals surface area (Å²) in [6, 6.07) is 18.2. The monoisotopic (exact) mass is 699 g/mol. The maximum absolute atomic E-state index is 13.1. The van der Waals surface area contributed by atoms with Crippen LogP contribution in [0.25, 0.3) is 0 Å². The smallest absolute Gasteiger partial charge is 0.343 e. The number of carbonyl (C=O) groups is 5. The van der Waals surface area contributed by atoms with E-state index in [2.05, 4.69) is 11.3 Å². The van der Waals surface area contributed by atoms with E-state index in [1.807, 2.05) is 6.07 Å². The molecule has 0 aliphatic heterocycles. The lowest BCUT2D eigenvalue weighted by molar-refractivity contribution is -0.139. The molecular formula is C39H41NO11. The van der Waals surface area contributed by atoms with E-state index in [9.17, 15) is 24.0 Å². The van der Waals surface area contributed by atoms with E-state index in [1.54, 1.807) is 31.2 Å². The van der Waals surface area contributed by atoms with Gasteiger partial charge in [0, 0.05) is 5.57 Å². The molecule has 0 spiro atoms. The fraction of sp³-hybridized carbons (Fsp3) is 0.333. The maximum atomic E-state index is 13.1. The zero-order valence-electron chi connectivity index (χ0n) is 28.6. The van der Waals surface area contributed by atoms with Crippen LogP contribution >= 0.6 is 0 Å². The molecule has 0 N–H and O–H groups in total. The fourth-order valence-corrected chi connectivity index (χ4v) is 4.48. The van der Waals surface area contributed by atoms with Crippen molar-refractivity contribution in [2.45, 2.75) is 58.3 Å². The molecule has 0 aliphatic carbocycles. The molecule has 0 fully saturated rings. The predicted octanol–water partition coefficient (Wildman–Crippen LogP) is 6.95. The van der Waals surface area contributed by atoms with E-state index in [1.165, 1.54) is 42.5 Å². The summed E-state index contributed by atoms with van der Waals surface area (Å²) in [5, 5.41) is 9.03. The zero-order valence-corrected chi connectivity index (χ0v) is 28.6. The van der Waals surface area contributed by atoms with Crippen molar-refractivity contribution in [3.05, 3.63) is 101 Å². The number of rotatable bonds is 22. The lowest BCUT2D eigenvalue weighted by atomic mass is 10.1. The highest BCUT2D eigenvalue weighted by Crippen LogP contribution is 2.27. The van der Waals surface area contributed by atoms with Gasteiger partial charge in [0.1, 0.15) is 22.8 Å². The van der Waals surface area contributed by atoms with E-state index in [0.717, 1.165) is 38.5 Å². The van der Waals surface area contributed by atoms with Crippen LogP contribution in [-0.4, -0.2) is 56.8 Å². The standard InChI is InChI=1S/C39H41NO11/c1-28(2)36(42)48-23-9-6-5-8-22-47-32-17-15-31(16-18-32)37(43)50-33-19-20-35(51-38(44)30-13-11-29(26-40)12-14-30)34(25-33)39(45)49-24-10-4-3-7-21-46-27-41/h11-20,25,27H,1,3-10,21-24H2,2H3. The molecule has 0 aromatic heterocycles. The second kappa shape index (κ2) is 21.9. The van der Waals surface area contributed by atoms with Crippen molar-refractivity contribution in [3.63, 3.8) is 0 Å². The molecule has 0 unspecified atom stereocenters. The van der Waals surface area contributed by atoms with Crippen LogP contribution in [0.4, 0.5) is 0 Å². The van der Waals surface area contributed by atoms with E-state index in [4.69, 9.17) is 28.9 Å². The van der Waals surface area contributed by atoms with Crippen molar-refractivity contribution in [1.82, 2.24) is 0 Å². The third kappa shape index (κ3) is 14.2. The minimum atomic E-state index is -0.785. The Morgan fingerprint density at radius 1 is 0.667 bits per heavy atom. The maximum Gasteiger partial charge on any atom is 0.343 e. The van der Waals surface area contributed by atoms with Crippen molar-refractivity contribution in [2.75, 3.05) is 26.4 Å². The van der Waals surface area contributed by atoms with Crippen LogP contribution < -0.4 is 14.2 Å². The molecule has 268 valence electrons. The van der Waals surface area contributed by atoms with Crippen LogP contribution in [0.1, 0.15) is 94.9 Å². The first kappa shape index (κ1) is 39.5. The first-order valence-electron chi connectivity index (χ1n) is 16.6. The molecule has 3 aromatic rings. The topological polar surface area (TPSA) is 165 Å². The number of hydrogen-bond acceptors (Lipinski definition) is 12. The van der Waals surface area contributed by atoms with Crippen LogP contribution in [0.2, 0.25) is 0 Å². The number of carbonyl (C=O) groups excluding carboxylic acids is 5. The van der Waals surface area contributed by atoms with Gasteiger partial charge in [0.2, 0.25) is 0 Å². The molecule has 0 heterocycles. The second-order valence-electron chi connectivity index (χ2n) is 11.3. The Morgan fingerprint density at radius 3 is 1.82 bits per heavy atom. The van der Waals surface area contributed by atoms with E-state index in [0.29, 0.717) is 56.0 Å². The number of benzene rings is 3. The highest BCUT2D eigenvalue weighted by atomic mass is 16.6. The van der Waals surface area contributed by atoms with Gasteiger partial charge in [-0.3, -0.25) is 4.79 Å². The number of esters is 4. The predicted molar refractivity (Wildman–Crippen MR) is 184 cm³/mol. The van der Waals surface area contributed by atoms with Crippen molar-refractivity contribution < 1.29 is 52.4 Å². The van der Waals surface area contributed by atoms with Gasteiger partial charge in [-0.05, 0) is 125 Å². The SMILES string of the molecule is C=C(C)C(=O)OCCCCCCOc1ccc(C(=O)Oc2ccc(OC(=O)c3ccc(C#N)cc3)c(C(=O)OCCCCCCOC=O)c2)cc1. The Balaban J connectivity index is 1.57. The minimum absolute atomic E-state index is 0.0232. The van der Waals surface area contributed by atoms with Gasteiger partial charge in [-0.2, -0.15) is 5.26 Å². The molecule has 0 bridgehead atoms. The third-order valence-electron chi connectivity index (χ3n) is 7.27. The van der Waals surface area contributed by atoms with Gasteiger partial charge >= 0.3 is 23.9 Å². The summed E-state index contributed by atoms with van der Waals surface area (Å²) in [6.07, 6.45) is 6.09. The Kier molecular flexibility index (Phi) is 16.9.